The van der Waals surface area contributed by atoms with Gasteiger partial charge >= 0.3 is 10.5 Å². The lowest BCUT2D eigenvalue weighted by Crippen LogP contribution is -1.88. The van der Waals surface area contributed by atoms with E-state index in [0.717, 1.165) is 0 Å². The molecular weight excluding hydrogens is 168 g/mol. The molecule has 0 heterocycles. The average Bonchev–Trinajstić information content (AvgIpc) is 2.16. The van der Waals surface area contributed by atoms with Gasteiger partial charge in [0.05, 0.1) is 11.1 Å². The fraction of sp³-hybridized carbons (Fsp3) is 0. The largest absolute Gasteiger partial charge is 0.540 e. The quantitative estimate of drug-likeness (QED) is 0.590. The Kier molecular flexibility index (Phi) is 2.47. The molecule has 3 radical (unpaired) electrons. The first-order valence-electron chi connectivity index (χ1n) is 3.09. The van der Waals surface area contributed by atoms with E-state index in [-0.39, 0.29) is 0 Å². The van der Waals surface area contributed by atoms with Gasteiger partial charge in [-0.2, -0.15) is 10.5 Å². The van der Waals surface area contributed by atoms with E-state index in [2.05, 4.69) is 10.5 Å². The van der Waals surface area contributed by atoms with E-state index in [0.29, 0.717) is 16.9 Å². The minimum Gasteiger partial charge on any atom is -0.540 e. The van der Waals surface area contributed by atoms with E-state index >= 15 is 0 Å². The molecule has 0 spiro atoms. The normalized spacial score (nSPS) is 8.25. The van der Waals surface area contributed by atoms with Gasteiger partial charge in [0.1, 0.15) is 17.9 Å². The fourth-order valence-corrected chi connectivity index (χ4v) is 0.904. The smallest absolute Gasteiger partial charge is 0.341 e. The van der Waals surface area contributed by atoms with Crippen LogP contribution in [-0.2, 0) is 0 Å². The van der Waals surface area contributed by atoms with E-state index in [9.17, 15) is 0 Å². The molecule has 0 N–H and O–H groups in total. The summed E-state index contributed by atoms with van der Waals surface area (Å²) >= 11 is 0. The SMILES string of the molecule is N#Cc1ccc(O[Si])cc1C#N. The highest BCUT2D eigenvalue weighted by molar-refractivity contribution is 6.00. The number of rotatable bonds is 1. The summed E-state index contributed by atoms with van der Waals surface area (Å²) in [6, 6.07) is 8.43. The molecule has 1 aromatic rings. The van der Waals surface area contributed by atoms with Gasteiger partial charge in [-0.05, 0) is 18.2 Å². The Bertz CT molecular complexity index is 376. The molecule has 4 heteroatoms. The van der Waals surface area contributed by atoms with Gasteiger partial charge in [-0.3, -0.25) is 0 Å². The highest BCUT2D eigenvalue weighted by Crippen LogP contribution is 2.15. The molecule has 1 rings (SSSR count). The third-order valence-corrected chi connectivity index (χ3v) is 1.59. The molecule has 0 aliphatic carbocycles. The summed E-state index contributed by atoms with van der Waals surface area (Å²) in [4.78, 5) is 0. The van der Waals surface area contributed by atoms with E-state index in [1.807, 2.05) is 12.1 Å². The van der Waals surface area contributed by atoms with Crippen LogP contribution in [0.25, 0.3) is 0 Å². The van der Waals surface area contributed by atoms with Crippen molar-refractivity contribution in [3.8, 4) is 17.9 Å². The summed E-state index contributed by atoms with van der Waals surface area (Å²) in [6.45, 7) is 0. The van der Waals surface area contributed by atoms with Crippen molar-refractivity contribution in [1.29, 1.82) is 10.5 Å². The van der Waals surface area contributed by atoms with E-state index in [1.165, 1.54) is 12.1 Å². The Morgan fingerprint density at radius 1 is 1.17 bits per heavy atom. The molecule has 0 atom stereocenters. The van der Waals surface area contributed by atoms with Gasteiger partial charge in [0.25, 0.3) is 0 Å². The maximum Gasteiger partial charge on any atom is 0.341 e. The maximum atomic E-state index is 8.60. The van der Waals surface area contributed by atoms with Crippen molar-refractivity contribution in [3.63, 3.8) is 0 Å². The van der Waals surface area contributed by atoms with Gasteiger partial charge in [-0.1, -0.05) is 0 Å². The Morgan fingerprint density at radius 2 is 1.83 bits per heavy atom. The van der Waals surface area contributed by atoms with Gasteiger partial charge in [0, 0.05) is 0 Å². The molecule has 0 amide bonds. The summed E-state index contributed by atoms with van der Waals surface area (Å²) in [6.07, 6.45) is 0. The molecule has 0 aliphatic rings. The van der Waals surface area contributed by atoms with Gasteiger partial charge in [0.15, 0.2) is 0 Å². The molecule has 0 aromatic heterocycles. The number of hydrogen-bond acceptors (Lipinski definition) is 3. The third-order valence-electron chi connectivity index (χ3n) is 1.35. The van der Waals surface area contributed by atoms with Crippen molar-refractivity contribution in [1.82, 2.24) is 0 Å². The summed E-state index contributed by atoms with van der Waals surface area (Å²) < 4.78 is 4.70. The van der Waals surface area contributed by atoms with Crippen molar-refractivity contribution in [2.24, 2.45) is 0 Å². The van der Waals surface area contributed by atoms with Crippen LogP contribution in [0.1, 0.15) is 11.1 Å². The lowest BCUT2D eigenvalue weighted by atomic mass is 10.1. The Hall–Kier alpha value is -1.78. The van der Waals surface area contributed by atoms with Crippen LogP contribution in [0.4, 0.5) is 0 Å². The first-order valence-corrected chi connectivity index (χ1v) is 3.50. The molecule has 0 unspecified atom stereocenters. The zero-order chi connectivity index (χ0) is 8.97. The molecule has 55 valence electrons. The molecular formula is C8H3N2OSi. The zero-order valence-electron chi connectivity index (χ0n) is 6.03. The second-order valence-corrected chi connectivity index (χ2v) is 2.24. The highest BCUT2D eigenvalue weighted by atomic mass is 28.2. The first kappa shape index (κ1) is 8.31. The standard InChI is InChI=1S/C8H3N2OSi/c9-4-6-1-2-8(11-12)3-7(6)5-10/h1-3H. The number of nitrogens with zero attached hydrogens (tertiary/aromatic N) is 2. The second-order valence-electron chi connectivity index (χ2n) is 2.03. The fourth-order valence-electron chi connectivity index (χ4n) is 0.777. The number of nitriles is 2. The molecule has 0 fully saturated rings. The van der Waals surface area contributed by atoms with Crippen molar-refractivity contribution in [2.45, 2.75) is 0 Å². The van der Waals surface area contributed by atoms with Crippen molar-refractivity contribution in [2.75, 3.05) is 0 Å². The molecule has 0 bridgehead atoms. The highest BCUT2D eigenvalue weighted by Gasteiger charge is 2.01. The summed E-state index contributed by atoms with van der Waals surface area (Å²) in [7, 11) is 2.82. The molecule has 12 heavy (non-hydrogen) atoms. The molecule has 3 nitrogen and oxygen atoms in total. The van der Waals surface area contributed by atoms with E-state index in [4.69, 9.17) is 14.9 Å². The topological polar surface area (TPSA) is 56.8 Å². The van der Waals surface area contributed by atoms with Crippen LogP contribution in [-0.4, -0.2) is 10.5 Å². The van der Waals surface area contributed by atoms with Crippen LogP contribution in [0.5, 0.6) is 5.75 Å². The molecule has 0 saturated heterocycles. The second kappa shape index (κ2) is 3.56. The summed E-state index contributed by atoms with van der Waals surface area (Å²) in [5.41, 5.74) is 0.665. The minimum absolute atomic E-state index is 0.313. The summed E-state index contributed by atoms with van der Waals surface area (Å²) in [5, 5.41) is 17.2. The number of hydrogen-bond donors (Lipinski definition) is 0. The molecule has 0 saturated carbocycles. The van der Waals surface area contributed by atoms with Crippen molar-refractivity contribution >= 4 is 10.5 Å². The van der Waals surface area contributed by atoms with Gasteiger partial charge < -0.3 is 4.43 Å². The predicted molar refractivity (Wildman–Crippen MR) is 42.3 cm³/mol. The van der Waals surface area contributed by atoms with Crippen LogP contribution in [0, 0.1) is 22.7 Å². The van der Waals surface area contributed by atoms with Crippen LogP contribution in [0.2, 0.25) is 0 Å². The lowest BCUT2D eigenvalue weighted by Gasteiger charge is -1.99. The predicted octanol–water partition coefficient (Wildman–Crippen LogP) is 0.892. The van der Waals surface area contributed by atoms with Crippen molar-refractivity contribution in [3.05, 3.63) is 29.3 Å². The van der Waals surface area contributed by atoms with Gasteiger partial charge in [-0.15, -0.1) is 0 Å². The zero-order valence-corrected chi connectivity index (χ0v) is 7.03. The molecule has 0 aliphatic heterocycles. The lowest BCUT2D eigenvalue weighted by molar-refractivity contribution is 0.616. The van der Waals surface area contributed by atoms with Gasteiger partial charge in [-0.25, -0.2) is 0 Å². The van der Waals surface area contributed by atoms with Crippen LogP contribution >= 0.6 is 0 Å². The summed E-state index contributed by atoms with van der Waals surface area (Å²) in [5.74, 6) is 0.502. The van der Waals surface area contributed by atoms with Crippen LogP contribution in [0.3, 0.4) is 0 Å². The Labute approximate surface area is 73.4 Å². The van der Waals surface area contributed by atoms with Crippen LogP contribution < -0.4 is 4.43 Å². The third kappa shape index (κ3) is 1.44. The monoisotopic (exact) mass is 171 g/mol. The average molecular weight is 171 g/mol. The first-order chi connectivity index (χ1) is 5.81. The maximum absolute atomic E-state index is 8.60. The van der Waals surface area contributed by atoms with Crippen molar-refractivity contribution < 1.29 is 4.43 Å². The number of benzene rings is 1. The molecule has 1 aromatic carbocycles. The Morgan fingerprint density at radius 3 is 2.33 bits per heavy atom. The van der Waals surface area contributed by atoms with Gasteiger partial charge in [0.2, 0.25) is 0 Å². The Balaban J connectivity index is 3.25. The minimum atomic E-state index is 0.313. The van der Waals surface area contributed by atoms with Crippen LogP contribution in [0.15, 0.2) is 18.2 Å². The van der Waals surface area contributed by atoms with E-state index in [1.54, 1.807) is 6.07 Å². The van der Waals surface area contributed by atoms with E-state index < -0.39 is 0 Å².